The molecular weight excluding hydrogens is 403 g/mol. The largest absolute Gasteiger partial charge is 0.417 e. The van der Waals surface area contributed by atoms with Gasteiger partial charge in [-0.15, -0.1) is 0 Å². The molecule has 1 amide bonds. The predicted molar refractivity (Wildman–Crippen MR) is 106 cm³/mol. The van der Waals surface area contributed by atoms with E-state index >= 15 is 0 Å². The van der Waals surface area contributed by atoms with E-state index < -0.39 is 16.8 Å². The van der Waals surface area contributed by atoms with Crippen LogP contribution in [0, 0.1) is 11.3 Å². The first-order valence-corrected chi connectivity index (χ1v) is 9.70. The summed E-state index contributed by atoms with van der Waals surface area (Å²) >= 11 is 5.76. The van der Waals surface area contributed by atoms with Crippen LogP contribution in [0.1, 0.15) is 49.4 Å². The maximum absolute atomic E-state index is 12.9. The summed E-state index contributed by atoms with van der Waals surface area (Å²) in [5.74, 6) is -0.663. The van der Waals surface area contributed by atoms with Crippen LogP contribution in [0.2, 0.25) is 5.02 Å². The Morgan fingerprint density at radius 3 is 2.69 bits per heavy atom. The number of alkyl halides is 3. The predicted octanol–water partition coefficient (Wildman–Crippen LogP) is 5.37. The number of halogens is 4. The van der Waals surface area contributed by atoms with Crippen molar-refractivity contribution in [2.45, 2.75) is 45.3 Å². The summed E-state index contributed by atoms with van der Waals surface area (Å²) < 4.78 is 38.6. The minimum atomic E-state index is -4.54. The van der Waals surface area contributed by atoms with Crippen LogP contribution in [0.4, 0.5) is 18.9 Å². The van der Waals surface area contributed by atoms with E-state index in [9.17, 15) is 18.0 Å². The number of anilines is 1. The quantitative estimate of drug-likeness (QED) is 0.679. The van der Waals surface area contributed by atoms with Gasteiger partial charge in [-0.1, -0.05) is 25.4 Å². The van der Waals surface area contributed by atoms with Crippen LogP contribution in [0.3, 0.4) is 0 Å². The zero-order valence-electron chi connectivity index (χ0n) is 16.2. The van der Waals surface area contributed by atoms with E-state index in [1.54, 1.807) is 6.20 Å². The van der Waals surface area contributed by atoms with Crippen molar-refractivity contribution < 1.29 is 18.0 Å². The second-order valence-electron chi connectivity index (χ2n) is 8.34. The Morgan fingerprint density at radius 1 is 1.31 bits per heavy atom. The van der Waals surface area contributed by atoms with E-state index in [0.29, 0.717) is 12.8 Å². The topological polar surface area (TPSA) is 68.0 Å². The van der Waals surface area contributed by atoms with Crippen LogP contribution >= 0.6 is 11.6 Å². The highest BCUT2D eigenvalue weighted by molar-refractivity contribution is 6.31. The monoisotopic (exact) mass is 425 g/mol. The van der Waals surface area contributed by atoms with E-state index in [1.807, 2.05) is 12.3 Å². The normalized spacial score (nSPS) is 21.6. The molecule has 1 heterocycles. The molecule has 0 spiro atoms. The van der Waals surface area contributed by atoms with Gasteiger partial charge < -0.3 is 11.1 Å². The van der Waals surface area contributed by atoms with Crippen LogP contribution in [-0.4, -0.2) is 10.9 Å². The summed E-state index contributed by atoms with van der Waals surface area (Å²) in [7, 11) is 0. The molecule has 0 saturated heterocycles. The Kier molecular flexibility index (Phi) is 5.92. The van der Waals surface area contributed by atoms with Crippen LogP contribution < -0.4 is 11.1 Å². The number of carbonyl (C=O) groups excluding carboxylic acids is 1. The Balaban J connectivity index is 1.81. The van der Waals surface area contributed by atoms with Gasteiger partial charge in [-0.05, 0) is 60.1 Å². The highest BCUT2D eigenvalue weighted by atomic mass is 35.5. The van der Waals surface area contributed by atoms with Gasteiger partial charge in [0.1, 0.15) is 0 Å². The highest BCUT2D eigenvalue weighted by Gasteiger charge is 2.35. The van der Waals surface area contributed by atoms with Gasteiger partial charge in [-0.25, -0.2) is 0 Å². The molecular formula is C21H23ClF3N3O. The molecule has 1 aliphatic rings. The van der Waals surface area contributed by atoms with Gasteiger partial charge in [0.15, 0.2) is 0 Å². The first kappa shape index (κ1) is 21.6. The lowest BCUT2D eigenvalue weighted by atomic mass is 9.72. The molecule has 29 heavy (non-hydrogen) atoms. The van der Waals surface area contributed by atoms with Gasteiger partial charge in [0, 0.05) is 30.0 Å². The number of nitrogens with one attached hydrogen (secondary N) is 1. The van der Waals surface area contributed by atoms with Gasteiger partial charge in [0.05, 0.1) is 10.6 Å². The molecule has 1 aromatic heterocycles. The summed E-state index contributed by atoms with van der Waals surface area (Å²) in [4.78, 5) is 17.1. The summed E-state index contributed by atoms with van der Waals surface area (Å²) in [6.45, 7) is 4.16. The summed E-state index contributed by atoms with van der Waals surface area (Å²) in [5.41, 5.74) is 7.55. The molecule has 1 aromatic carbocycles. The minimum absolute atomic E-state index is 0.169. The van der Waals surface area contributed by atoms with Gasteiger partial charge >= 0.3 is 6.18 Å². The molecule has 2 atom stereocenters. The van der Waals surface area contributed by atoms with Crippen LogP contribution in [0.25, 0.3) is 0 Å². The second kappa shape index (κ2) is 7.95. The van der Waals surface area contributed by atoms with Crippen LogP contribution in [0.15, 0.2) is 36.7 Å². The molecule has 2 aromatic rings. The van der Waals surface area contributed by atoms with Crippen LogP contribution in [0.5, 0.6) is 0 Å². The molecule has 0 bridgehead atoms. The minimum Gasteiger partial charge on any atom is -0.326 e. The fourth-order valence-corrected chi connectivity index (χ4v) is 4.27. The van der Waals surface area contributed by atoms with E-state index in [2.05, 4.69) is 24.1 Å². The zero-order valence-corrected chi connectivity index (χ0v) is 16.9. The number of pyridine rings is 1. The molecule has 0 radical (unpaired) electrons. The van der Waals surface area contributed by atoms with Crippen molar-refractivity contribution >= 4 is 23.2 Å². The molecule has 1 unspecified atom stereocenters. The number of rotatable bonds is 2. The van der Waals surface area contributed by atoms with Crippen molar-refractivity contribution in [2.75, 3.05) is 5.32 Å². The molecule has 156 valence electrons. The average Bonchev–Trinajstić information content (AvgIpc) is 2.58. The molecule has 0 fully saturated rings. The Bertz CT molecular complexity index is 914. The fourth-order valence-electron chi connectivity index (χ4n) is 3.99. The molecule has 3 N–H and O–H groups in total. The first-order chi connectivity index (χ1) is 13.5. The third kappa shape index (κ3) is 5.08. The maximum atomic E-state index is 12.9. The van der Waals surface area contributed by atoms with E-state index in [0.717, 1.165) is 29.7 Å². The smallest absolute Gasteiger partial charge is 0.326 e. The molecule has 1 aliphatic carbocycles. The molecule has 0 aliphatic heterocycles. The van der Waals surface area contributed by atoms with Gasteiger partial charge in [-0.2, -0.15) is 13.2 Å². The average molecular weight is 426 g/mol. The third-order valence-electron chi connectivity index (χ3n) is 5.26. The standard InChI is InChI=1S/C21H23ClF3N3O/c1-20(2)9-12(7-18(26)15-5-6-27-11-13(15)10-20)19(29)28-14-3-4-16(17(22)8-14)21(23,24)25/h3-6,8,11-12,18H,7,9-10,26H2,1-2H3,(H,28,29)/t12?,18-/m1/s1. The van der Waals surface area contributed by atoms with Crippen molar-refractivity contribution in [1.82, 2.24) is 4.98 Å². The van der Waals surface area contributed by atoms with Crippen molar-refractivity contribution in [2.24, 2.45) is 17.1 Å². The number of benzene rings is 1. The summed E-state index contributed by atoms with van der Waals surface area (Å²) in [6.07, 6.45) is 0.724. The summed E-state index contributed by atoms with van der Waals surface area (Å²) in [5, 5.41) is 2.25. The van der Waals surface area contributed by atoms with Crippen molar-refractivity contribution in [3.05, 3.63) is 58.4 Å². The van der Waals surface area contributed by atoms with Gasteiger partial charge in [0.2, 0.25) is 5.91 Å². The van der Waals surface area contributed by atoms with Crippen molar-refractivity contribution in [3.63, 3.8) is 0 Å². The zero-order chi connectivity index (χ0) is 21.4. The Hall–Kier alpha value is -2.12. The molecule has 8 heteroatoms. The van der Waals surface area contributed by atoms with E-state index in [-0.39, 0.29) is 29.0 Å². The third-order valence-corrected chi connectivity index (χ3v) is 5.57. The maximum Gasteiger partial charge on any atom is 0.417 e. The number of fused-ring (bicyclic) bond motifs is 1. The number of nitrogens with two attached hydrogens (primary N) is 1. The number of aromatic nitrogens is 1. The number of carbonyl (C=O) groups is 1. The Labute approximate surface area is 172 Å². The van der Waals surface area contributed by atoms with Crippen LogP contribution in [-0.2, 0) is 17.4 Å². The number of hydrogen-bond donors (Lipinski definition) is 2. The fraction of sp³-hybridized carbons (Fsp3) is 0.429. The Morgan fingerprint density at radius 2 is 2.03 bits per heavy atom. The lowest BCUT2D eigenvalue weighted by molar-refractivity contribution is -0.137. The van der Waals surface area contributed by atoms with Crippen molar-refractivity contribution in [1.29, 1.82) is 0 Å². The van der Waals surface area contributed by atoms with Crippen molar-refractivity contribution in [3.8, 4) is 0 Å². The SMILES string of the molecule is CC1(C)Cc2cnccc2[C@H](N)CC(C(=O)Nc2ccc(C(F)(F)F)c(Cl)c2)C1. The van der Waals surface area contributed by atoms with Gasteiger partial charge in [0.25, 0.3) is 0 Å². The van der Waals surface area contributed by atoms with E-state index in [4.69, 9.17) is 17.3 Å². The van der Waals surface area contributed by atoms with Gasteiger partial charge in [-0.3, -0.25) is 9.78 Å². The summed E-state index contributed by atoms with van der Waals surface area (Å²) in [6, 6.07) is 4.76. The second-order valence-corrected chi connectivity index (χ2v) is 8.75. The number of hydrogen-bond acceptors (Lipinski definition) is 3. The molecule has 4 nitrogen and oxygen atoms in total. The molecule has 3 rings (SSSR count). The first-order valence-electron chi connectivity index (χ1n) is 9.32. The number of amides is 1. The lowest BCUT2D eigenvalue weighted by Crippen LogP contribution is -2.34. The number of nitrogens with zero attached hydrogens (tertiary/aromatic N) is 1. The molecule has 0 saturated carbocycles. The highest BCUT2D eigenvalue weighted by Crippen LogP contribution is 2.39. The lowest BCUT2D eigenvalue weighted by Gasteiger charge is -2.34. The van der Waals surface area contributed by atoms with E-state index in [1.165, 1.54) is 6.07 Å².